The first-order valence-corrected chi connectivity index (χ1v) is 8.05. The standard InChI is InChI=1S/C16H31NO3.K/c1-3-4-5-6-7-8-9-10-11-12-15(18)13-17-14(2)16(19)20;/h14,17H,3-13H2,1-2H3,(H,19,20);/t14-;/m0./s1. The summed E-state index contributed by atoms with van der Waals surface area (Å²) in [7, 11) is 0. The Balaban J connectivity index is 0. The Morgan fingerprint density at radius 3 is 1.90 bits per heavy atom. The number of rotatable bonds is 14. The molecule has 0 rings (SSSR count). The molecule has 0 aromatic carbocycles. The second kappa shape index (κ2) is 17.1. The predicted molar refractivity (Wildman–Crippen MR) is 87.7 cm³/mol. The van der Waals surface area contributed by atoms with Crippen molar-refractivity contribution in [3.05, 3.63) is 0 Å². The molecule has 0 unspecified atom stereocenters. The van der Waals surface area contributed by atoms with E-state index in [-0.39, 0.29) is 63.7 Å². The Morgan fingerprint density at radius 1 is 0.952 bits per heavy atom. The zero-order valence-electron chi connectivity index (χ0n) is 14.1. The van der Waals surface area contributed by atoms with Crippen LogP contribution in [0.1, 0.15) is 78.1 Å². The van der Waals surface area contributed by atoms with Gasteiger partial charge in [-0.3, -0.25) is 14.9 Å². The van der Waals surface area contributed by atoms with Gasteiger partial charge in [0.05, 0.1) is 6.54 Å². The average molecular weight is 325 g/mol. The third-order valence-electron chi connectivity index (χ3n) is 3.54. The summed E-state index contributed by atoms with van der Waals surface area (Å²) >= 11 is 0. The third-order valence-corrected chi connectivity index (χ3v) is 3.54. The minimum Gasteiger partial charge on any atom is -0.480 e. The maximum atomic E-state index is 11.5. The summed E-state index contributed by atoms with van der Waals surface area (Å²) in [5.74, 6) is -0.804. The summed E-state index contributed by atoms with van der Waals surface area (Å²) in [4.78, 5) is 22.1. The molecule has 0 fully saturated rings. The van der Waals surface area contributed by atoms with Gasteiger partial charge in [0.2, 0.25) is 0 Å². The van der Waals surface area contributed by atoms with Crippen LogP contribution >= 0.6 is 0 Å². The number of hydrogen-bond donors (Lipinski definition) is 2. The van der Waals surface area contributed by atoms with Crippen LogP contribution in [0.25, 0.3) is 0 Å². The molecule has 1 radical (unpaired) electrons. The molecule has 4 nitrogen and oxygen atoms in total. The molecule has 1 atom stereocenters. The second-order valence-electron chi connectivity index (χ2n) is 5.56. The maximum Gasteiger partial charge on any atom is 0.320 e. The summed E-state index contributed by atoms with van der Waals surface area (Å²) in [5.41, 5.74) is 0. The molecule has 119 valence electrons. The molecule has 0 bridgehead atoms. The van der Waals surface area contributed by atoms with Crippen molar-refractivity contribution < 1.29 is 14.7 Å². The van der Waals surface area contributed by atoms with Crippen LogP contribution in [0.15, 0.2) is 0 Å². The van der Waals surface area contributed by atoms with Gasteiger partial charge in [0.1, 0.15) is 11.8 Å². The Hall–Kier alpha value is 0.736. The number of nitrogens with one attached hydrogen (secondary N) is 1. The molecular weight excluding hydrogens is 293 g/mol. The first-order chi connectivity index (χ1) is 9.57. The fourth-order valence-corrected chi connectivity index (χ4v) is 2.08. The number of carboxylic acids is 1. The van der Waals surface area contributed by atoms with Gasteiger partial charge < -0.3 is 5.11 Å². The number of unbranched alkanes of at least 4 members (excludes halogenated alkanes) is 8. The smallest absolute Gasteiger partial charge is 0.320 e. The van der Waals surface area contributed by atoms with Crippen LogP contribution in [0.3, 0.4) is 0 Å². The zero-order chi connectivity index (χ0) is 15.2. The SMILES string of the molecule is CCCCCCCCCCCC(=O)CN[C@@H](C)C(=O)O.[K]. The van der Waals surface area contributed by atoms with Crippen LogP contribution in [-0.2, 0) is 9.59 Å². The monoisotopic (exact) mass is 324 g/mol. The number of hydrogen-bond acceptors (Lipinski definition) is 3. The van der Waals surface area contributed by atoms with Gasteiger partial charge in [0.25, 0.3) is 0 Å². The summed E-state index contributed by atoms with van der Waals surface area (Å²) in [6.45, 7) is 3.95. The van der Waals surface area contributed by atoms with Crippen molar-refractivity contribution in [3.8, 4) is 0 Å². The molecule has 0 spiro atoms. The van der Waals surface area contributed by atoms with Crippen LogP contribution in [0.4, 0.5) is 0 Å². The number of carboxylic acid groups (broad SMARTS) is 1. The number of ketones is 1. The topological polar surface area (TPSA) is 66.4 Å². The molecule has 2 N–H and O–H groups in total. The number of Topliss-reactive ketones (excluding diaryl/α,β-unsaturated/α-hetero) is 1. The molecule has 0 amide bonds. The fraction of sp³-hybridized carbons (Fsp3) is 0.875. The van der Waals surface area contributed by atoms with Crippen molar-refractivity contribution in [1.29, 1.82) is 0 Å². The van der Waals surface area contributed by atoms with E-state index in [0.717, 1.165) is 12.8 Å². The third kappa shape index (κ3) is 16.9. The number of carbonyl (C=O) groups excluding carboxylic acids is 1. The molecule has 21 heavy (non-hydrogen) atoms. The maximum absolute atomic E-state index is 11.5. The molecule has 0 saturated carbocycles. The van der Waals surface area contributed by atoms with Gasteiger partial charge in [-0.15, -0.1) is 0 Å². The molecule has 0 aliphatic rings. The molecule has 0 aliphatic carbocycles. The summed E-state index contributed by atoms with van der Waals surface area (Å²) in [6.07, 6.45) is 11.7. The molecular formula is C16H31KNO3. The van der Waals surface area contributed by atoms with Crippen molar-refractivity contribution in [2.75, 3.05) is 6.54 Å². The van der Waals surface area contributed by atoms with E-state index < -0.39 is 12.0 Å². The number of carbonyl (C=O) groups is 2. The van der Waals surface area contributed by atoms with Gasteiger partial charge in [0, 0.05) is 57.8 Å². The summed E-state index contributed by atoms with van der Waals surface area (Å²) in [5, 5.41) is 11.4. The van der Waals surface area contributed by atoms with Crippen molar-refractivity contribution in [2.24, 2.45) is 0 Å². The van der Waals surface area contributed by atoms with Gasteiger partial charge in [-0.05, 0) is 13.3 Å². The first-order valence-electron chi connectivity index (χ1n) is 8.05. The van der Waals surface area contributed by atoms with Crippen molar-refractivity contribution in [1.82, 2.24) is 5.32 Å². The van der Waals surface area contributed by atoms with Gasteiger partial charge in [-0.2, -0.15) is 0 Å². The summed E-state index contributed by atoms with van der Waals surface area (Å²) in [6, 6.07) is -0.651. The Morgan fingerprint density at radius 2 is 1.43 bits per heavy atom. The van der Waals surface area contributed by atoms with Crippen molar-refractivity contribution in [3.63, 3.8) is 0 Å². The summed E-state index contributed by atoms with van der Waals surface area (Å²) < 4.78 is 0. The van der Waals surface area contributed by atoms with E-state index in [4.69, 9.17) is 5.11 Å². The van der Waals surface area contributed by atoms with Crippen LogP contribution in [0.2, 0.25) is 0 Å². The van der Waals surface area contributed by atoms with Crippen molar-refractivity contribution >= 4 is 63.1 Å². The molecule has 0 aliphatic heterocycles. The van der Waals surface area contributed by atoms with Crippen molar-refractivity contribution in [2.45, 2.75) is 84.1 Å². The van der Waals surface area contributed by atoms with E-state index in [0.29, 0.717) is 6.42 Å². The quantitative estimate of drug-likeness (QED) is 0.380. The fourth-order valence-electron chi connectivity index (χ4n) is 2.08. The van der Waals surface area contributed by atoms with Gasteiger partial charge in [-0.25, -0.2) is 0 Å². The van der Waals surface area contributed by atoms with E-state index in [9.17, 15) is 9.59 Å². The van der Waals surface area contributed by atoms with E-state index >= 15 is 0 Å². The minimum atomic E-state index is -0.916. The predicted octanol–water partition coefficient (Wildman–Crippen LogP) is 3.16. The van der Waals surface area contributed by atoms with E-state index in [2.05, 4.69) is 12.2 Å². The minimum absolute atomic E-state index is 0. The Labute approximate surface area is 172 Å². The molecule has 0 aromatic heterocycles. The molecule has 0 saturated heterocycles. The Bertz CT molecular complexity index is 272. The van der Waals surface area contributed by atoms with E-state index in [1.165, 1.54) is 44.9 Å². The first kappa shape index (κ1) is 24.0. The second-order valence-corrected chi connectivity index (χ2v) is 5.56. The molecule has 0 aromatic rings. The molecule has 0 heterocycles. The van der Waals surface area contributed by atoms with Gasteiger partial charge in [0.15, 0.2) is 0 Å². The van der Waals surface area contributed by atoms with Crippen LogP contribution in [-0.4, -0.2) is 80.8 Å². The van der Waals surface area contributed by atoms with Crippen LogP contribution in [0.5, 0.6) is 0 Å². The zero-order valence-corrected chi connectivity index (χ0v) is 17.2. The largest absolute Gasteiger partial charge is 0.480 e. The number of aliphatic carboxylic acids is 1. The molecule has 5 heteroatoms. The Kier molecular flexibility index (Phi) is 19.5. The van der Waals surface area contributed by atoms with E-state index in [1.807, 2.05) is 0 Å². The van der Waals surface area contributed by atoms with Gasteiger partial charge in [-0.1, -0.05) is 58.3 Å². The van der Waals surface area contributed by atoms with Crippen LogP contribution in [0, 0.1) is 0 Å². The van der Waals surface area contributed by atoms with Crippen LogP contribution < -0.4 is 5.32 Å². The van der Waals surface area contributed by atoms with E-state index in [1.54, 1.807) is 6.92 Å². The van der Waals surface area contributed by atoms with Gasteiger partial charge >= 0.3 is 5.97 Å². The average Bonchev–Trinajstić information content (AvgIpc) is 2.42. The normalized spacial score (nSPS) is 11.7.